The van der Waals surface area contributed by atoms with Crippen LogP contribution in [0.4, 0.5) is 0 Å². The summed E-state index contributed by atoms with van der Waals surface area (Å²) in [5.74, 6) is 0. The molecule has 2 atom stereocenters. The fourth-order valence-corrected chi connectivity index (χ4v) is 4.44. The van der Waals surface area contributed by atoms with E-state index >= 15 is 0 Å². The largest absolute Gasteiger partial charge is 0.406 e. The molecule has 0 spiro atoms. The Kier molecular flexibility index (Phi) is 4.69. The maximum Gasteiger partial charge on any atom is 0.406 e. The van der Waals surface area contributed by atoms with Gasteiger partial charge in [-0.3, -0.25) is 9.05 Å². The second kappa shape index (κ2) is 6.58. The van der Waals surface area contributed by atoms with Crippen LogP contribution in [0.1, 0.15) is 31.1 Å². The smallest absolute Gasteiger partial charge is 0.296 e. The quantitative estimate of drug-likeness (QED) is 0.825. The molecule has 2 aromatic carbocycles. The van der Waals surface area contributed by atoms with Gasteiger partial charge in [-0.1, -0.05) is 74.5 Å². The Morgan fingerprint density at radius 3 is 2.35 bits per heavy atom. The Labute approximate surface area is 137 Å². The van der Waals surface area contributed by atoms with Crippen LogP contribution in [0, 0.1) is 5.41 Å². The number of benzene rings is 2. The SMILES string of the molecule is CC1(C)CO[P@](=O)(NCc2ccccc2)O[C@@H]1c1ccccc1. The molecular weight excluding hydrogens is 309 g/mol. The number of nitrogens with one attached hydrogen (secondary N) is 1. The summed E-state index contributed by atoms with van der Waals surface area (Å²) in [5, 5.41) is 2.96. The Bertz CT molecular complexity index is 688. The molecule has 122 valence electrons. The molecule has 0 saturated carbocycles. The van der Waals surface area contributed by atoms with Crippen molar-refractivity contribution in [1.29, 1.82) is 0 Å². The highest BCUT2D eigenvalue weighted by atomic mass is 31.2. The standard InChI is InChI=1S/C18H22NO3P/c1-18(2)14-21-23(20,19-13-15-9-5-3-6-10-15)22-17(18)16-11-7-4-8-12-16/h3-12,17H,13-14H2,1-2H3,(H,19,20)/t17-,23-/m1/s1. The van der Waals surface area contributed by atoms with Gasteiger partial charge in [0.25, 0.3) is 0 Å². The van der Waals surface area contributed by atoms with Crippen LogP contribution in [0.5, 0.6) is 0 Å². The first-order chi connectivity index (χ1) is 11.0. The molecule has 0 bridgehead atoms. The molecule has 0 radical (unpaired) electrons. The van der Waals surface area contributed by atoms with Crippen LogP contribution in [0.3, 0.4) is 0 Å². The lowest BCUT2D eigenvalue weighted by molar-refractivity contribution is -0.0302. The zero-order valence-corrected chi connectivity index (χ0v) is 14.3. The second-order valence-corrected chi connectivity index (χ2v) is 8.26. The van der Waals surface area contributed by atoms with Crippen LogP contribution in [0.25, 0.3) is 0 Å². The lowest BCUT2D eigenvalue weighted by Gasteiger charge is -2.41. The first-order valence-electron chi connectivity index (χ1n) is 7.76. The van der Waals surface area contributed by atoms with Gasteiger partial charge in [0.2, 0.25) is 0 Å². The molecule has 5 heteroatoms. The Morgan fingerprint density at radius 1 is 1.09 bits per heavy atom. The van der Waals surface area contributed by atoms with Crippen LogP contribution in [0.2, 0.25) is 0 Å². The molecule has 1 fully saturated rings. The van der Waals surface area contributed by atoms with Crippen molar-refractivity contribution in [2.24, 2.45) is 5.41 Å². The molecule has 23 heavy (non-hydrogen) atoms. The number of hydrogen-bond donors (Lipinski definition) is 1. The van der Waals surface area contributed by atoms with Crippen molar-refractivity contribution in [3.8, 4) is 0 Å². The van der Waals surface area contributed by atoms with Gasteiger partial charge in [0.05, 0.1) is 6.61 Å². The fraction of sp³-hybridized carbons (Fsp3) is 0.333. The van der Waals surface area contributed by atoms with Crippen LogP contribution in [-0.4, -0.2) is 6.61 Å². The average Bonchev–Trinajstić information content (AvgIpc) is 2.58. The van der Waals surface area contributed by atoms with Crippen LogP contribution in [0.15, 0.2) is 60.7 Å². The zero-order chi connectivity index (χ0) is 16.3. The third-order valence-corrected chi connectivity index (χ3v) is 5.49. The van der Waals surface area contributed by atoms with Crippen molar-refractivity contribution in [1.82, 2.24) is 5.09 Å². The zero-order valence-electron chi connectivity index (χ0n) is 13.4. The van der Waals surface area contributed by atoms with E-state index in [1.807, 2.05) is 60.7 Å². The van der Waals surface area contributed by atoms with Crippen molar-refractivity contribution in [2.75, 3.05) is 6.61 Å². The van der Waals surface area contributed by atoms with Crippen molar-refractivity contribution >= 4 is 7.75 Å². The summed E-state index contributed by atoms with van der Waals surface area (Å²) in [6, 6.07) is 19.7. The first-order valence-corrected chi connectivity index (χ1v) is 9.30. The van der Waals surface area contributed by atoms with Gasteiger partial charge >= 0.3 is 7.75 Å². The molecule has 3 rings (SSSR count). The molecule has 0 unspecified atom stereocenters. The minimum atomic E-state index is -3.33. The van der Waals surface area contributed by atoms with E-state index < -0.39 is 7.75 Å². The van der Waals surface area contributed by atoms with Gasteiger partial charge in [0, 0.05) is 12.0 Å². The van der Waals surface area contributed by atoms with E-state index in [4.69, 9.17) is 9.05 Å². The summed E-state index contributed by atoms with van der Waals surface area (Å²) >= 11 is 0. The minimum absolute atomic E-state index is 0.246. The molecule has 0 amide bonds. The second-order valence-electron chi connectivity index (χ2n) is 6.48. The monoisotopic (exact) mass is 331 g/mol. The molecule has 0 aromatic heterocycles. The molecule has 1 aliphatic heterocycles. The summed E-state index contributed by atoms with van der Waals surface area (Å²) in [5.41, 5.74) is 1.81. The summed E-state index contributed by atoms with van der Waals surface area (Å²) in [6.45, 7) is 4.95. The van der Waals surface area contributed by atoms with Crippen LogP contribution < -0.4 is 5.09 Å². The highest BCUT2D eigenvalue weighted by Crippen LogP contribution is 2.58. The highest BCUT2D eigenvalue weighted by Gasteiger charge is 2.44. The lowest BCUT2D eigenvalue weighted by atomic mass is 9.83. The fourth-order valence-electron chi connectivity index (χ4n) is 2.65. The maximum atomic E-state index is 12.9. The third-order valence-electron chi connectivity index (χ3n) is 3.98. The maximum absolute atomic E-state index is 12.9. The van der Waals surface area contributed by atoms with Crippen molar-refractivity contribution in [3.63, 3.8) is 0 Å². The predicted molar refractivity (Wildman–Crippen MR) is 90.9 cm³/mol. The van der Waals surface area contributed by atoms with Crippen molar-refractivity contribution in [2.45, 2.75) is 26.5 Å². The van der Waals surface area contributed by atoms with Gasteiger partial charge in [0.1, 0.15) is 6.10 Å². The minimum Gasteiger partial charge on any atom is -0.296 e. The number of hydrogen-bond acceptors (Lipinski definition) is 3. The van der Waals surface area contributed by atoms with E-state index in [2.05, 4.69) is 18.9 Å². The molecule has 2 aromatic rings. The lowest BCUT2D eigenvalue weighted by Crippen LogP contribution is -2.35. The van der Waals surface area contributed by atoms with Gasteiger partial charge in [-0.05, 0) is 11.1 Å². The van der Waals surface area contributed by atoms with Gasteiger partial charge < -0.3 is 0 Å². The molecular formula is C18H22NO3P. The summed E-state index contributed by atoms with van der Waals surface area (Å²) < 4.78 is 24.4. The molecule has 0 aliphatic carbocycles. The van der Waals surface area contributed by atoms with E-state index in [1.165, 1.54) is 0 Å². The van der Waals surface area contributed by atoms with Crippen LogP contribution >= 0.6 is 7.75 Å². The van der Waals surface area contributed by atoms with Crippen LogP contribution in [-0.2, 0) is 20.2 Å². The van der Waals surface area contributed by atoms with E-state index in [9.17, 15) is 4.57 Å². The third kappa shape index (κ3) is 3.91. The molecule has 1 heterocycles. The molecule has 1 aliphatic rings. The highest BCUT2D eigenvalue weighted by molar-refractivity contribution is 7.51. The average molecular weight is 331 g/mol. The Hall–Kier alpha value is -1.45. The van der Waals surface area contributed by atoms with Crippen molar-refractivity contribution in [3.05, 3.63) is 71.8 Å². The first kappa shape index (κ1) is 16.4. The van der Waals surface area contributed by atoms with Gasteiger partial charge in [0.15, 0.2) is 0 Å². The molecule has 1 saturated heterocycles. The van der Waals surface area contributed by atoms with E-state index in [-0.39, 0.29) is 11.5 Å². The summed E-state index contributed by atoms with van der Waals surface area (Å²) in [7, 11) is -3.33. The Balaban J connectivity index is 1.75. The molecule has 1 N–H and O–H groups in total. The van der Waals surface area contributed by atoms with Crippen molar-refractivity contribution < 1.29 is 13.6 Å². The topological polar surface area (TPSA) is 47.6 Å². The Morgan fingerprint density at radius 2 is 1.70 bits per heavy atom. The predicted octanol–water partition coefficient (Wildman–Crippen LogP) is 4.70. The van der Waals surface area contributed by atoms with E-state index in [0.29, 0.717) is 13.2 Å². The molecule has 4 nitrogen and oxygen atoms in total. The summed E-state index contributed by atoms with van der Waals surface area (Å²) in [4.78, 5) is 0. The number of rotatable bonds is 4. The van der Waals surface area contributed by atoms with Gasteiger partial charge in [-0.15, -0.1) is 0 Å². The summed E-state index contributed by atoms with van der Waals surface area (Å²) in [6.07, 6.45) is -0.272. The van der Waals surface area contributed by atoms with Gasteiger partial charge in [-0.25, -0.2) is 9.65 Å². The van der Waals surface area contributed by atoms with E-state index in [1.54, 1.807) is 0 Å². The van der Waals surface area contributed by atoms with E-state index in [0.717, 1.165) is 11.1 Å². The normalized spacial score (nSPS) is 26.8. The van der Waals surface area contributed by atoms with Gasteiger partial charge in [-0.2, -0.15) is 0 Å².